The Balaban J connectivity index is 1.67. The molecule has 108 valence electrons. The van der Waals surface area contributed by atoms with Crippen molar-refractivity contribution in [3.63, 3.8) is 0 Å². The molecule has 0 spiro atoms. The first-order valence-corrected chi connectivity index (χ1v) is 7.26. The largest absolute Gasteiger partial charge is 0.468 e. The highest BCUT2D eigenvalue weighted by Gasteiger charge is 2.10. The zero-order chi connectivity index (χ0) is 14.7. The first-order chi connectivity index (χ1) is 10.2. The van der Waals surface area contributed by atoms with Crippen LogP contribution in [0, 0.1) is 0 Å². The number of nitrogens with one attached hydrogen (secondary N) is 1. The van der Waals surface area contributed by atoms with Gasteiger partial charge in [0.15, 0.2) is 0 Å². The van der Waals surface area contributed by atoms with Gasteiger partial charge in [-0.25, -0.2) is 0 Å². The lowest BCUT2D eigenvalue weighted by molar-refractivity contribution is 0.455. The number of halogens is 2. The van der Waals surface area contributed by atoms with Crippen LogP contribution in [-0.2, 0) is 13.1 Å². The van der Waals surface area contributed by atoms with Crippen LogP contribution in [0.5, 0.6) is 0 Å². The van der Waals surface area contributed by atoms with E-state index in [1.165, 1.54) is 0 Å². The summed E-state index contributed by atoms with van der Waals surface area (Å²) in [5.74, 6) is 2.42. The summed E-state index contributed by atoms with van der Waals surface area (Å²) in [6.07, 6.45) is 1.66. The zero-order valence-electron chi connectivity index (χ0n) is 11.1. The lowest BCUT2D eigenvalue weighted by atomic mass is 10.2. The van der Waals surface area contributed by atoms with Crippen molar-refractivity contribution in [2.75, 3.05) is 0 Å². The summed E-state index contributed by atoms with van der Waals surface area (Å²) in [5, 5.41) is 4.27. The Hall–Kier alpha value is -1.68. The maximum Gasteiger partial charge on any atom is 0.135 e. The molecule has 0 saturated carbocycles. The van der Waals surface area contributed by atoms with E-state index in [1.54, 1.807) is 12.3 Å². The highest BCUT2D eigenvalue weighted by atomic mass is 35.5. The van der Waals surface area contributed by atoms with Gasteiger partial charge in [0.2, 0.25) is 0 Å². The monoisotopic (exact) mass is 321 g/mol. The Kier molecular flexibility index (Phi) is 4.34. The molecule has 2 heterocycles. The second-order valence-electron chi connectivity index (χ2n) is 4.55. The fourth-order valence-electron chi connectivity index (χ4n) is 2.03. The van der Waals surface area contributed by atoms with E-state index in [4.69, 9.17) is 32.0 Å². The van der Waals surface area contributed by atoms with Gasteiger partial charge in [0, 0.05) is 5.56 Å². The second-order valence-corrected chi connectivity index (χ2v) is 5.34. The molecule has 2 aromatic heterocycles. The Bertz CT molecular complexity index is 720. The number of hydrogen-bond donors (Lipinski definition) is 1. The van der Waals surface area contributed by atoms with Crippen molar-refractivity contribution in [1.29, 1.82) is 0 Å². The number of furan rings is 2. The Morgan fingerprint density at radius 3 is 2.57 bits per heavy atom. The molecule has 21 heavy (non-hydrogen) atoms. The van der Waals surface area contributed by atoms with E-state index >= 15 is 0 Å². The van der Waals surface area contributed by atoms with Crippen LogP contribution in [0.1, 0.15) is 11.5 Å². The van der Waals surface area contributed by atoms with Gasteiger partial charge in [-0.1, -0.05) is 29.3 Å². The summed E-state index contributed by atoms with van der Waals surface area (Å²) >= 11 is 12.2. The Morgan fingerprint density at radius 2 is 1.76 bits per heavy atom. The van der Waals surface area contributed by atoms with E-state index in [2.05, 4.69) is 5.32 Å². The normalized spacial score (nSPS) is 11.0. The highest BCUT2D eigenvalue weighted by Crippen LogP contribution is 2.34. The first kappa shape index (κ1) is 14.3. The van der Waals surface area contributed by atoms with Crippen LogP contribution >= 0.6 is 23.2 Å². The number of benzene rings is 1. The molecule has 0 saturated heterocycles. The molecular formula is C16H13Cl2NO2. The molecule has 0 bridgehead atoms. The maximum atomic E-state index is 6.19. The van der Waals surface area contributed by atoms with E-state index in [9.17, 15) is 0 Å². The molecule has 0 amide bonds. The molecule has 0 radical (unpaired) electrons. The van der Waals surface area contributed by atoms with Crippen molar-refractivity contribution in [2.45, 2.75) is 13.1 Å². The zero-order valence-corrected chi connectivity index (χ0v) is 12.6. The van der Waals surface area contributed by atoms with E-state index < -0.39 is 0 Å². The van der Waals surface area contributed by atoms with Gasteiger partial charge in [0.1, 0.15) is 17.3 Å². The SMILES string of the molecule is Clc1cccc(-c2ccc(CNCc3ccco3)o2)c1Cl. The predicted octanol–water partition coefficient (Wildman–Crippen LogP) is 5.14. The average molecular weight is 322 g/mol. The second kappa shape index (κ2) is 6.39. The Labute approximate surface area is 132 Å². The van der Waals surface area contributed by atoms with E-state index in [1.807, 2.05) is 36.4 Å². The quantitative estimate of drug-likeness (QED) is 0.707. The summed E-state index contributed by atoms with van der Waals surface area (Å²) < 4.78 is 11.0. The third-order valence-corrected chi connectivity index (χ3v) is 3.88. The van der Waals surface area contributed by atoms with Gasteiger partial charge in [-0.3, -0.25) is 0 Å². The van der Waals surface area contributed by atoms with Crippen LogP contribution < -0.4 is 5.32 Å². The van der Waals surface area contributed by atoms with Crippen molar-refractivity contribution in [3.8, 4) is 11.3 Å². The van der Waals surface area contributed by atoms with Gasteiger partial charge in [0.05, 0.1) is 29.4 Å². The molecule has 3 aromatic rings. The molecular weight excluding hydrogens is 309 g/mol. The molecule has 3 nitrogen and oxygen atoms in total. The van der Waals surface area contributed by atoms with Crippen molar-refractivity contribution in [3.05, 3.63) is 70.3 Å². The van der Waals surface area contributed by atoms with Gasteiger partial charge in [0.25, 0.3) is 0 Å². The van der Waals surface area contributed by atoms with Crippen molar-refractivity contribution >= 4 is 23.2 Å². The molecule has 0 aliphatic heterocycles. The minimum Gasteiger partial charge on any atom is -0.468 e. The number of rotatable bonds is 5. The molecule has 0 unspecified atom stereocenters. The topological polar surface area (TPSA) is 38.3 Å². The fourth-order valence-corrected chi connectivity index (χ4v) is 2.43. The molecule has 3 rings (SSSR count). The van der Waals surface area contributed by atoms with Gasteiger partial charge in [-0.15, -0.1) is 0 Å². The summed E-state index contributed by atoms with van der Waals surface area (Å²) in [5.41, 5.74) is 0.793. The standard InChI is InChI=1S/C16H13Cl2NO2/c17-14-5-1-4-13(16(14)18)15-7-6-12(21-15)10-19-9-11-3-2-8-20-11/h1-8,19H,9-10H2. The van der Waals surface area contributed by atoms with Crippen molar-refractivity contribution in [1.82, 2.24) is 5.32 Å². The maximum absolute atomic E-state index is 6.19. The lowest BCUT2D eigenvalue weighted by Crippen LogP contribution is -2.11. The van der Waals surface area contributed by atoms with E-state index in [0.717, 1.165) is 17.1 Å². The molecule has 1 N–H and O–H groups in total. The van der Waals surface area contributed by atoms with Gasteiger partial charge < -0.3 is 14.2 Å². The molecule has 0 aliphatic carbocycles. The Morgan fingerprint density at radius 1 is 0.905 bits per heavy atom. The summed E-state index contributed by atoms with van der Waals surface area (Å²) in [4.78, 5) is 0. The van der Waals surface area contributed by atoms with Crippen LogP contribution in [-0.4, -0.2) is 0 Å². The summed E-state index contributed by atoms with van der Waals surface area (Å²) in [6.45, 7) is 1.26. The smallest absolute Gasteiger partial charge is 0.135 e. The fraction of sp³-hybridized carbons (Fsp3) is 0.125. The van der Waals surface area contributed by atoms with Crippen LogP contribution in [0.3, 0.4) is 0 Å². The van der Waals surface area contributed by atoms with Crippen LogP contribution in [0.15, 0.2) is 57.6 Å². The van der Waals surface area contributed by atoms with Crippen LogP contribution in [0.2, 0.25) is 10.0 Å². The molecule has 5 heteroatoms. The molecule has 0 fully saturated rings. The van der Waals surface area contributed by atoms with Gasteiger partial charge in [-0.2, -0.15) is 0 Å². The molecule has 0 aliphatic rings. The van der Waals surface area contributed by atoms with E-state index in [0.29, 0.717) is 28.9 Å². The minimum absolute atomic E-state index is 0.503. The average Bonchev–Trinajstić information content (AvgIpc) is 3.14. The van der Waals surface area contributed by atoms with Crippen LogP contribution in [0.25, 0.3) is 11.3 Å². The number of hydrogen-bond acceptors (Lipinski definition) is 3. The highest BCUT2D eigenvalue weighted by molar-refractivity contribution is 6.43. The predicted molar refractivity (Wildman–Crippen MR) is 83.4 cm³/mol. The molecule has 0 atom stereocenters. The van der Waals surface area contributed by atoms with Gasteiger partial charge in [-0.05, 0) is 36.4 Å². The first-order valence-electron chi connectivity index (χ1n) is 6.50. The molecule has 1 aromatic carbocycles. The minimum atomic E-state index is 0.503. The van der Waals surface area contributed by atoms with Crippen molar-refractivity contribution < 1.29 is 8.83 Å². The van der Waals surface area contributed by atoms with Crippen LogP contribution in [0.4, 0.5) is 0 Å². The summed E-state index contributed by atoms with van der Waals surface area (Å²) in [7, 11) is 0. The summed E-state index contributed by atoms with van der Waals surface area (Å²) in [6, 6.07) is 13.1. The third-order valence-electron chi connectivity index (χ3n) is 3.06. The van der Waals surface area contributed by atoms with Gasteiger partial charge >= 0.3 is 0 Å². The van der Waals surface area contributed by atoms with Crippen molar-refractivity contribution in [2.24, 2.45) is 0 Å². The lowest BCUT2D eigenvalue weighted by Gasteiger charge is -2.03. The van der Waals surface area contributed by atoms with E-state index in [-0.39, 0.29) is 0 Å². The third kappa shape index (κ3) is 3.32.